The van der Waals surface area contributed by atoms with Gasteiger partial charge in [-0.2, -0.15) is 0 Å². The number of tetrazole rings is 1. The SMILES string of the molecule is CC[C@H](c1nnnn1C[C@H]1CCCO1)N(CCc1ccccc1C)Cc1cc2cccc(C)c2[nH]c1=O. The van der Waals surface area contributed by atoms with Gasteiger partial charge in [0.1, 0.15) is 0 Å². The number of para-hydroxylation sites is 1. The molecule has 4 aromatic rings. The molecule has 2 atom stereocenters. The van der Waals surface area contributed by atoms with Crippen LogP contribution in [0.3, 0.4) is 0 Å². The van der Waals surface area contributed by atoms with Crippen molar-refractivity contribution in [2.45, 2.75) is 71.7 Å². The molecule has 0 saturated carbocycles. The van der Waals surface area contributed by atoms with Gasteiger partial charge in [-0.3, -0.25) is 9.69 Å². The van der Waals surface area contributed by atoms with E-state index in [-0.39, 0.29) is 17.7 Å². The molecular formula is C29H36N6O2. The number of nitrogens with zero attached hydrogens (tertiary/aromatic N) is 5. The molecule has 2 aromatic carbocycles. The van der Waals surface area contributed by atoms with Crippen molar-refractivity contribution >= 4 is 10.9 Å². The van der Waals surface area contributed by atoms with Crippen LogP contribution >= 0.6 is 0 Å². The molecule has 194 valence electrons. The summed E-state index contributed by atoms with van der Waals surface area (Å²) in [4.78, 5) is 18.7. The molecule has 1 fully saturated rings. The van der Waals surface area contributed by atoms with E-state index in [4.69, 9.17) is 4.74 Å². The van der Waals surface area contributed by atoms with E-state index in [9.17, 15) is 4.79 Å². The number of hydrogen-bond acceptors (Lipinski definition) is 6. The Hall–Kier alpha value is -3.36. The lowest BCUT2D eigenvalue weighted by Crippen LogP contribution is -2.35. The highest BCUT2D eigenvalue weighted by atomic mass is 16.5. The average Bonchev–Trinajstić information content (AvgIpc) is 3.58. The summed E-state index contributed by atoms with van der Waals surface area (Å²) in [6, 6.07) is 16.6. The molecule has 0 unspecified atom stereocenters. The van der Waals surface area contributed by atoms with Crippen molar-refractivity contribution < 1.29 is 4.74 Å². The van der Waals surface area contributed by atoms with Crippen LogP contribution in [0, 0.1) is 13.8 Å². The van der Waals surface area contributed by atoms with Crippen LogP contribution in [0.1, 0.15) is 60.3 Å². The first-order chi connectivity index (χ1) is 18.0. The van der Waals surface area contributed by atoms with Crippen molar-refractivity contribution in [2.75, 3.05) is 13.2 Å². The Balaban J connectivity index is 1.47. The molecule has 3 heterocycles. The van der Waals surface area contributed by atoms with E-state index < -0.39 is 0 Å². The third kappa shape index (κ3) is 5.65. The Morgan fingerprint density at radius 3 is 2.76 bits per heavy atom. The van der Waals surface area contributed by atoms with Crippen LogP contribution in [0.5, 0.6) is 0 Å². The first kappa shape index (κ1) is 25.3. The molecule has 0 bridgehead atoms. The summed E-state index contributed by atoms with van der Waals surface area (Å²) in [5, 5.41) is 13.9. The normalized spacial score (nSPS) is 16.6. The Morgan fingerprint density at radius 2 is 1.97 bits per heavy atom. The van der Waals surface area contributed by atoms with E-state index >= 15 is 0 Å². The molecule has 0 amide bonds. The maximum Gasteiger partial charge on any atom is 0.252 e. The summed E-state index contributed by atoms with van der Waals surface area (Å²) in [5.74, 6) is 0.829. The van der Waals surface area contributed by atoms with Crippen LogP contribution in [0.25, 0.3) is 10.9 Å². The van der Waals surface area contributed by atoms with Gasteiger partial charge in [-0.1, -0.05) is 49.4 Å². The minimum Gasteiger partial charge on any atom is -0.376 e. The van der Waals surface area contributed by atoms with Crippen molar-refractivity contribution in [3.8, 4) is 0 Å². The molecule has 1 saturated heterocycles. The fraction of sp³-hybridized carbons (Fsp3) is 0.448. The van der Waals surface area contributed by atoms with E-state index in [1.807, 2.05) is 29.8 Å². The fourth-order valence-corrected chi connectivity index (χ4v) is 5.43. The summed E-state index contributed by atoms with van der Waals surface area (Å²) in [6.45, 7) is 9.07. The van der Waals surface area contributed by atoms with E-state index in [2.05, 4.69) is 69.6 Å². The Kier molecular flexibility index (Phi) is 7.76. The topological polar surface area (TPSA) is 88.9 Å². The zero-order chi connectivity index (χ0) is 25.8. The van der Waals surface area contributed by atoms with Crippen LogP contribution < -0.4 is 5.56 Å². The number of ether oxygens (including phenoxy) is 1. The summed E-state index contributed by atoms with van der Waals surface area (Å²) >= 11 is 0. The largest absolute Gasteiger partial charge is 0.376 e. The van der Waals surface area contributed by atoms with Crippen molar-refractivity contribution in [3.05, 3.63) is 87.0 Å². The highest BCUT2D eigenvalue weighted by Gasteiger charge is 2.27. The average molecular weight is 501 g/mol. The van der Waals surface area contributed by atoms with Crippen molar-refractivity contribution in [3.63, 3.8) is 0 Å². The van der Waals surface area contributed by atoms with Gasteiger partial charge >= 0.3 is 0 Å². The van der Waals surface area contributed by atoms with E-state index in [0.29, 0.717) is 13.1 Å². The monoisotopic (exact) mass is 500 g/mol. The Morgan fingerprint density at radius 1 is 1.14 bits per heavy atom. The van der Waals surface area contributed by atoms with Crippen molar-refractivity contribution in [1.29, 1.82) is 0 Å². The van der Waals surface area contributed by atoms with Gasteiger partial charge < -0.3 is 9.72 Å². The maximum atomic E-state index is 13.2. The molecule has 5 rings (SSSR count). The second-order valence-corrected chi connectivity index (χ2v) is 10.1. The number of aryl methyl sites for hydroxylation is 2. The summed E-state index contributed by atoms with van der Waals surface area (Å²) in [6.07, 6.45) is 3.95. The van der Waals surface area contributed by atoms with Gasteiger partial charge in [0.25, 0.3) is 5.56 Å². The molecule has 1 N–H and O–H groups in total. The Bertz CT molecular complexity index is 1410. The van der Waals surface area contributed by atoms with Crippen LogP contribution in [0.2, 0.25) is 0 Å². The molecule has 0 radical (unpaired) electrons. The number of aromatic nitrogens is 5. The van der Waals surface area contributed by atoms with E-state index in [1.54, 1.807) is 0 Å². The minimum absolute atomic E-state index is 0.0342. The number of benzene rings is 2. The van der Waals surface area contributed by atoms with Crippen LogP contribution in [0.15, 0.2) is 53.3 Å². The summed E-state index contributed by atoms with van der Waals surface area (Å²) in [7, 11) is 0. The fourth-order valence-electron chi connectivity index (χ4n) is 5.43. The van der Waals surface area contributed by atoms with Crippen LogP contribution in [0.4, 0.5) is 0 Å². The maximum absolute atomic E-state index is 13.2. The highest BCUT2D eigenvalue weighted by molar-refractivity contribution is 5.81. The number of aromatic amines is 1. The summed E-state index contributed by atoms with van der Waals surface area (Å²) < 4.78 is 7.76. The molecule has 1 aliphatic rings. The predicted molar refractivity (Wildman–Crippen MR) is 144 cm³/mol. The zero-order valence-electron chi connectivity index (χ0n) is 22.0. The van der Waals surface area contributed by atoms with E-state index in [1.165, 1.54) is 11.1 Å². The smallest absolute Gasteiger partial charge is 0.252 e. The summed E-state index contributed by atoms with van der Waals surface area (Å²) in [5.41, 5.74) is 5.26. The minimum atomic E-state index is -0.0449. The van der Waals surface area contributed by atoms with Gasteiger partial charge in [0.05, 0.1) is 24.2 Å². The highest BCUT2D eigenvalue weighted by Crippen LogP contribution is 2.26. The van der Waals surface area contributed by atoms with E-state index in [0.717, 1.165) is 66.7 Å². The molecule has 37 heavy (non-hydrogen) atoms. The standard InChI is InChI=1S/C29H36N6O2/c1-4-26(28-31-32-33-35(28)19-25-13-8-16-37-25)34(15-14-22-11-6-5-9-20(22)2)18-24-17-23-12-7-10-21(3)27(23)30-29(24)36/h5-7,9-12,17,25-26H,4,8,13-16,18-19H2,1-3H3,(H,30,36)/t25-,26-/m1/s1. The van der Waals surface area contributed by atoms with Crippen LogP contribution in [-0.2, 0) is 24.2 Å². The molecule has 1 aliphatic heterocycles. The number of hydrogen-bond donors (Lipinski definition) is 1. The molecule has 8 nitrogen and oxygen atoms in total. The molecule has 2 aromatic heterocycles. The molecule has 0 spiro atoms. The van der Waals surface area contributed by atoms with Gasteiger partial charge in [0.2, 0.25) is 0 Å². The van der Waals surface area contributed by atoms with Gasteiger partial charge in [0, 0.05) is 25.3 Å². The lowest BCUT2D eigenvalue weighted by Gasteiger charge is -2.30. The predicted octanol–water partition coefficient (Wildman–Crippen LogP) is 4.51. The van der Waals surface area contributed by atoms with Gasteiger partial charge in [-0.25, -0.2) is 4.68 Å². The van der Waals surface area contributed by atoms with Crippen LogP contribution in [-0.4, -0.2) is 49.3 Å². The Labute approximate surface area is 217 Å². The molecule has 8 heteroatoms. The third-order valence-corrected chi connectivity index (χ3v) is 7.55. The lowest BCUT2D eigenvalue weighted by atomic mass is 10.0. The lowest BCUT2D eigenvalue weighted by molar-refractivity contribution is 0.0893. The zero-order valence-corrected chi connectivity index (χ0v) is 22.0. The number of nitrogens with one attached hydrogen (secondary N) is 1. The number of pyridine rings is 1. The second kappa shape index (κ2) is 11.4. The second-order valence-electron chi connectivity index (χ2n) is 10.1. The van der Waals surface area contributed by atoms with Crippen molar-refractivity contribution in [2.24, 2.45) is 0 Å². The first-order valence-corrected chi connectivity index (χ1v) is 13.3. The van der Waals surface area contributed by atoms with Crippen molar-refractivity contribution in [1.82, 2.24) is 30.1 Å². The number of H-pyrrole nitrogens is 1. The molecular weight excluding hydrogens is 464 g/mol. The van der Waals surface area contributed by atoms with Gasteiger partial charge in [-0.15, -0.1) is 5.10 Å². The van der Waals surface area contributed by atoms with Gasteiger partial charge in [0.15, 0.2) is 5.82 Å². The number of rotatable bonds is 10. The molecule has 0 aliphatic carbocycles. The third-order valence-electron chi connectivity index (χ3n) is 7.55. The number of fused-ring (bicyclic) bond motifs is 1. The van der Waals surface area contributed by atoms with Gasteiger partial charge in [-0.05, 0) is 78.1 Å². The first-order valence-electron chi connectivity index (χ1n) is 13.3. The quantitative estimate of drug-likeness (QED) is 0.345.